The minimum Gasteiger partial charge on any atom is -0.338 e. The van der Waals surface area contributed by atoms with Gasteiger partial charge < -0.3 is 10.2 Å². The first-order valence-electron chi connectivity index (χ1n) is 9.63. The van der Waals surface area contributed by atoms with Gasteiger partial charge >= 0.3 is 0 Å². The van der Waals surface area contributed by atoms with Crippen molar-refractivity contribution in [3.63, 3.8) is 0 Å². The summed E-state index contributed by atoms with van der Waals surface area (Å²) >= 11 is 0. The third-order valence-electron chi connectivity index (χ3n) is 5.20. The van der Waals surface area contributed by atoms with Crippen LogP contribution in [0.25, 0.3) is 10.9 Å². The molecule has 2 aromatic carbocycles. The molecule has 1 fully saturated rings. The molecule has 0 spiro atoms. The van der Waals surface area contributed by atoms with Gasteiger partial charge in [-0.15, -0.1) is 0 Å². The molecule has 1 aliphatic rings. The summed E-state index contributed by atoms with van der Waals surface area (Å²) in [5, 5.41) is 3.82. The molecular formula is C23H23N3O2. The number of pyridine rings is 1. The van der Waals surface area contributed by atoms with E-state index in [-0.39, 0.29) is 17.7 Å². The summed E-state index contributed by atoms with van der Waals surface area (Å²) in [7, 11) is 0. The molecule has 1 aliphatic heterocycles. The molecule has 1 N–H and O–H groups in total. The van der Waals surface area contributed by atoms with E-state index in [0.29, 0.717) is 18.7 Å². The standard InChI is InChI=1S/C23H23N3O2/c1-16-14-20(19-11-5-6-12-21(19)24-16)23(28)26-13-7-8-17(15-26)22(27)25-18-9-3-2-4-10-18/h2-6,9-12,14,17H,7-8,13,15H2,1H3,(H,25,27). The van der Waals surface area contributed by atoms with E-state index in [9.17, 15) is 9.59 Å². The second-order valence-electron chi connectivity index (χ2n) is 7.27. The molecule has 3 aromatic rings. The monoisotopic (exact) mass is 373 g/mol. The van der Waals surface area contributed by atoms with E-state index in [1.54, 1.807) is 4.90 Å². The van der Waals surface area contributed by atoms with Gasteiger partial charge in [0, 0.05) is 29.9 Å². The summed E-state index contributed by atoms with van der Waals surface area (Å²) in [6.45, 7) is 3.01. The van der Waals surface area contributed by atoms with Gasteiger partial charge in [-0.3, -0.25) is 14.6 Å². The molecule has 28 heavy (non-hydrogen) atoms. The van der Waals surface area contributed by atoms with Gasteiger partial charge in [0.05, 0.1) is 17.0 Å². The SMILES string of the molecule is Cc1cc(C(=O)N2CCCC(C(=O)Nc3ccccc3)C2)c2ccccc2n1. The van der Waals surface area contributed by atoms with E-state index in [1.807, 2.05) is 67.6 Å². The van der Waals surface area contributed by atoms with Crippen LogP contribution in [-0.2, 0) is 4.79 Å². The Labute approximate surface area is 164 Å². The number of piperidine rings is 1. The summed E-state index contributed by atoms with van der Waals surface area (Å²) in [5.41, 5.74) is 3.08. The minimum atomic E-state index is -0.202. The number of carbonyl (C=O) groups excluding carboxylic acids is 2. The highest BCUT2D eigenvalue weighted by atomic mass is 16.2. The maximum Gasteiger partial charge on any atom is 0.254 e. The lowest BCUT2D eigenvalue weighted by molar-refractivity contribution is -0.121. The minimum absolute atomic E-state index is 0.0283. The number of aromatic nitrogens is 1. The smallest absolute Gasteiger partial charge is 0.254 e. The molecule has 4 rings (SSSR count). The summed E-state index contributed by atoms with van der Waals surface area (Å²) < 4.78 is 0. The number of aryl methyl sites for hydroxylation is 1. The van der Waals surface area contributed by atoms with Crippen LogP contribution < -0.4 is 5.32 Å². The van der Waals surface area contributed by atoms with Gasteiger partial charge in [-0.1, -0.05) is 36.4 Å². The number of hydrogen-bond donors (Lipinski definition) is 1. The maximum absolute atomic E-state index is 13.3. The fourth-order valence-electron chi connectivity index (χ4n) is 3.80. The number of amides is 2. The van der Waals surface area contributed by atoms with Crippen LogP contribution in [0.4, 0.5) is 5.69 Å². The number of benzene rings is 2. The van der Waals surface area contributed by atoms with Gasteiger partial charge in [0.2, 0.25) is 5.91 Å². The third-order valence-corrected chi connectivity index (χ3v) is 5.20. The number of fused-ring (bicyclic) bond motifs is 1. The van der Waals surface area contributed by atoms with Gasteiger partial charge in [-0.2, -0.15) is 0 Å². The van der Waals surface area contributed by atoms with Crippen molar-refractivity contribution in [2.24, 2.45) is 5.92 Å². The van der Waals surface area contributed by atoms with Crippen molar-refractivity contribution < 1.29 is 9.59 Å². The highest BCUT2D eigenvalue weighted by Gasteiger charge is 2.29. The Bertz CT molecular complexity index is 1020. The molecule has 2 amide bonds. The van der Waals surface area contributed by atoms with Gasteiger partial charge in [-0.25, -0.2) is 0 Å². The number of hydrogen-bond acceptors (Lipinski definition) is 3. The topological polar surface area (TPSA) is 62.3 Å². The zero-order valence-electron chi connectivity index (χ0n) is 15.9. The second kappa shape index (κ2) is 7.80. The molecule has 1 unspecified atom stereocenters. The van der Waals surface area contributed by atoms with Gasteiger partial charge in [0.25, 0.3) is 5.91 Å². The van der Waals surface area contributed by atoms with E-state index in [4.69, 9.17) is 0 Å². The third kappa shape index (κ3) is 3.74. The zero-order chi connectivity index (χ0) is 19.5. The molecule has 0 aliphatic carbocycles. The number of likely N-dealkylation sites (tertiary alicyclic amines) is 1. The molecule has 1 atom stereocenters. The van der Waals surface area contributed by atoms with Crippen molar-refractivity contribution in [3.8, 4) is 0 Å². The van der Waals surface area contributed by atoms with Crippen LogP contribution in [0.5, 0.6) is 0 Å². The van der Waals surface area contributed by atoms with Gasteiger partial charge in [0.1, 0.15) is 0 Å². The van der Waals surface area contributed by atoms with Crippen LogP contribution in [-0.4, -0.2) is 34.8 Å². The Morgan fingerprint density at radius 1 is 1.07 bits per heavy atom. The molecule has 1 saturated heterocycles. The van der Waals surface area contributed by atoms with Crippen molar-refractivity contribution in [3.05, 3.63) is 71.9 Å². The van der Waals surface area contributed by atoms with Crippen LogP contribution in [0.15, 0.2) is 60.7 Å². The predicted molar refractivity (Wildman–Crippen MR) is 110 cm³/mol. The summed E-state index contributed by atoms with van der Waals surface area (Å²) in [5.74, 6) is -0.259. The first kappa shape index (κ1) is 18.2. The quantitative estimate of drug-likeness (QED) is 0.754. The first-order chi connectivity index (χ1) is 13.6. The van der Waals surface area contributed by atoms with Crippen molar-refractivity contribution in [1.29, 1.82) is 0 Å². The Balaban J connectivity index is 1.53. The van der Waals surface area contributed by atoms with Crippen LogP contribution in [0.2, 0.25) is 0 Å². The molecular weight excluding hydrogens is 350 g/mol. The molecule has 5 heteroatoms. The van der Waals surface area contributed by atoms with Crippen LogP contribution in [0.1, 0.15) is 28.9 Å². The zero-order valence-corrected chi connectivity index (χ0v) is 15.9. The Morgan fingerprint density at radius 2 is 1.82 bits per heavy atom. The first-order valence-corrected chi connectivity index (χ1v) is 9.63. The van der Waals surface area contributed by atoms with E-state index < -0.39 is 0 Å². The van der Waals surface area contributed by atoms with Crippen molar-refractivity contribution in [2.75, 3.05) is 18.4 Å². The van der Waals surface area contributed by atoms with Crippen molar-refractivity contribution in [1.82, 2.24) is 9.88 Å². The predicted octanol–water partition coefficient (Wildman–Crippen LogP) is 4.03. The van der Waals surface area contributed by atoms with Crippen LogP contribution in [0.3, 0.4) is 0 Å². The van der Waals surface area contributed by atoms with Crippen molar-refractivity contribution >= 4 is 28.4 Å². The van der Waals surface area contributed by atoms with Crippen molar-refractivity contribution in [2.45, 2.75) is 19.8 Å². The molecule has 5 nitrogen and oxygen atoms in total. The number of para-hydroxylation sites is 2. The lowest BCUT2D eigenvalue weighted by atomic mass is 9.95. The number of anilines is 1. The van der Waals surface area contributed by atoms with E-state index >= 15 is 0 Å². The molecule has 1 aromatic heterocycles. The molecule has 0 saturated carbocycles. The van der Waals surface area contributed by atoms with Gasteiger partial charge in [-0.05, 0) is 44.0 Å². The molecule has 142 valence electrons. The fourth-order valence-corrected chi connectivity index (χ4v) is 3.80. The highest BCUT2D eigenvalue weighted by molar-refractivity contribution is 6.06. The summed E-state index contributed by atoms with van der Waals surface area (Å²) in [6.07, 6.45) is 1.61. The van der Waals surface area contributed by atoms with E-state index in [2.05, 4.69) is 10.3 Å². The number of rotatable bonds is 3. The van der Waals surface area contributed by atoms with E-state index in [1.165, 1.54) is 0 Å². The largest absolute Gasteiger partial charge is 0.338 e. The summed E-state index contributed by atoms with van der Waals surface area (Å²) in [6, 6.07) is 19.0. The summed E-state index contributed by atoms with van der Waals surface area (Å²) in [4.78, 5) is 32.3. The Hall–Kier alpha value is -3.21. The second-order valence-corrected chi connectivity index (χ2v) is 7.27. The van der Waals surface area contributed by atoms with Crippen LogP contribution >= 0.6 is 0 Å². The van der Waals surface area contributed by atoms with E-state index in [0.717, 1.165) is 35.1 Å². The van der Waals surface area contributed by atoms with Gasteiger partial charge in [0.15, 0.2) is 0 Å². The lowest BCUT2D eigenvalue weighted by Crippen LogP contribution is -2.43. The lowest BCUT2D eigenvalue weighted by Gasteiger charge is -2.32. The molecule has 0 radical (unpaired) electrons. The Morgan fingerprint density at radius 3 is 2.64 bits per heavy atom. The molecule has 0 bridgehead atoms. The maximum atomic E-state index is 13.3. The average Bonchev–Trinajstić information content (AvgIpc) is 2.73. The molecule has 2 heterocycles. The highest BCUT2D eigenvalue weighted by Crippen LogP contribution is 2.24. The number of carbonyl (C=O) groups is 2. The fraction of sp³-hybridized carbons (Fsp3) is 0.261. The average molecular weight is 373 g/mol. The Kier molecular flexibility index (Phi) is 5.06. The van der Waals surface area contributed by atoms with Crippen LogP contribution in [0, 0.1) is 12.8 Å². The number of nitrogens with one attached hydrogen (secondary N) is 1. The normalized spacial score (nSPS) is 16.8. The number of nitrogens with zero attached hydrogens (tertiary/aromatic N) is 2.